The number of esters is 1. The lowest BCUT2D eigenvalue weighted by Crippen LogP contribution is -2.48. The molecule has 2 aliphatic rings. The molecule has 4 nitrogen and oxygen atoms in total. The van der Waals surface area contributed by atoms with Crippen molar-refractivity contribution in [3.8, 4) is 0 Å². The summed E-state index contributed by atoms with van der Waals surface area (Å²) in [6, 6.07) is 0.750. The minimum atomic E-state index is -0.0777. The van der Waals surface area contributed by atoms with E-state index >= 15 is 0 Å². The first-order chi connectivity index (χ1) is 9.79. The zero-order valence-electron chi connectivity index (χ0n) is 13.0. The number of ether oxygens (including phenoxy) is 1. The fourth-order valence-corrected chi connectivity index (χ4v) is 3.54. The quantitative estimate of drug-likeness (QED) is 0.724. The molecule has 116 valence electrons. The van der Waals surface area contributed by atoms with Gasteiger partial charge in [0.2, 0.25) is 0 Å². The zero-order chi connectivity index (χ0) is 14.2. The van der Waals surface area contributed by atoms with Crippen molar-refractivity contribution in [1.29, 1.82) is 0 Å². The maximum atomic E-state index is 11.2. The normalized spacial score (nSPS) is 26.1. The van der Waals surface area contributed by atoms with E-state index in [9.17, 15) is 4.79 Å². The average Bonchev–Trinajstić information content (AvgIpc) is 2.76. The number of carbonyl (C=O) groups excluding carboxylic acids is 1. The Kier molecular flexibility index (Phi) is 6.80. The molecule has 0 unspecified atom stereocenters. The Morgan fingerprint density at radius 1 is 1.10 bits per heavy atom. The van der Waals surface area contributed by atoms with Crippen LogP contribution in [0.1, 0.15) is 51.4 Å². The van der Waals surface area contributed by atoms with Crippen LogP contribution in [0.25, 0.3) is 0 Å². The molecule has 2 aliphatic heterocycles. The number of piperidine rings is 1. The highest BCUT2D eigenvalue weighted by molar-refractivity contribution is 5.69. The molecular weight excluding hydrogens is 252 g/mol. The van der Waals surface area contributed by atoms with Gasteiger partial charge >= 0.3 is 5.97 Å². The predicted molar refractivity (Wildman–Crippen MR) is 80.8 cm³/mol. The Bertz CT molecular complexity index is 288. The van der Waals surface area contributed by atoms with Gasteiger partial charge in [-0.25, -0.2) is 0 Å². The molecule has 0 aromatic rings. The number of rotatable bonds is 5. The van der Waals surface area contributed by atoms with E-state index in [-0.39, 0.29) is 5.97 Å². The molecule has 0 N–H and O–H groups in total. The third kappa shape index (κ3) is 5.06. The molecule has 0 aromatic heterocycles. The molecule has 4 heteroatoms. The molecule has 0 aliphatic carbocycles. The number of methoxy groups -OCH3 is 1. The molecule has 0 radical (unpaired) electrons. The minimum Gasteiger partial charge on any atom is -0.469 e. The largest absolute Gasteiger partial charge is 0.469 e. The fourth-order valence-electron chi connectivity index (χ4n) is 3.54. The van der Waals surface area contributed by atoms with Gasteiger partial charge in [0.1, 0.15) is 0 Å². The first kappa shape index (κ1) is 15.8. The van der Waals surface area contributed by atoms with Crippen LogP contribution in [0, 0.1) is 0 Å². The van der Waals surface area contributed by atoms with E-state index < -0.39 is 0 Å². The SMILES string of the molecule is COC(=O)CCCN1CCC[C@H](N2CCCCCC2)C1. The first-order valence-corrected chi connectivity index (χ1v) is 8.33. The van der Waals surface area contributed by atoms with E-state index in [2.05, 4.69) is 9.80 Å². The Balaban J connectivity index is 1.71. The van der Waals surface area contributed by atoms with Gasteiger partial charge in [-0.15, -0.1) is 0 Å². The molecule has 0 spiro atoms. The smallest absolute Gasteiger partial charge is 0.305 e. The molecule has 2 fully saturated rings. The van der Waals surface area contributed by atoms with Crippen LogP contribution in [-0.2, 0) is 9.53 Å². The van der Waals surface area contributed by atoms with Crippen molar-refractivity contribution < 1.29 is 9.53 Å². The van der Waals surface area contributed by atoms with Crippen molar-refractivity contribution in [2.45, 2.75) is 57.4 Å². The number of carbonyl (C=O) groups is 1. The summed E-state index contributed by atoms with van der Waals surface area (Å²) < 4.78 is 4.70. The number of hydrogen-bond donors (Lipinski definition) is 0. The number of likely N-dealkylation sites (tertiary alicyclic amines) is 2. The summed E-state index contributed by atoms with van der Waals surface area (Å²) in [6.07, 6.45) is 9.71. The van der Waals surface area contributed by atoms with Gasteiger partial charge in [0.25, 0.3) is 0 Å². The Hall–Kier alpha value is -0.610. The van der Waals surface area contributed by atoms with Crippen LogP contribution in [0.2, 0.25) is 0 Å². The zero-order valence-corrected chi connectivity index (χ0v) is 13.0. The second-order valence-electron chi connectivity index (χ2n) is 6.23. The van der Waals surface area contributed by atoms with Crippen molar-refractivity contribution in [3.63, 3.8) is 0 Å². The van der Waals surface area contributed by atoms with Crippen LogP contribution in [0.3, 0.4) is 0 Å². The third-order valence-corrected chi connectivity index (χ3v) is 4.72. The van der Waals surface area contributed by atoms with Crippen molar-refractivity contribution in [3.05, 3.63) is 0 Å². The Morgan fingerprint density at radius 3 is 2.55 bits per heavy atom. The Labute approximate surface area is 123 Å². The van der Waals surface area contributed by atoms with Crippen LogP contribution in [-0.4, -0.2) is 61.6 Å². The van der Waals surface area contributed by atoms with Crippen molar-refractivity contribution >= 4 is 5.97 Å². The lowest BCUT2D eigenvalue weighted by molar-refractivity contribution is -0.140. The predicted octanol–water partition coefficient (Wildman–Crippen LogP) is 2.28. The minimum absolute atomic E-state index is 0.0777. The lowest BCUT2D eigenvalue weighted by Gasteiger charge is -2.39. The standard InChI is InChI=1S/C16H30N2O2/c1-20-16(19)9-7-11-17-10-6-8-15(14-17)18-12-4-2-3-5-13-18/h15H,2-14H2,1H3/t15-/m0/s1. The lowest BCUT2D eigenvalue weighted by atomic mass is 10.0. The van der Waals surface area contributed by atoms with Gasteiger partial charge in [-0.05, 0) is 58.3 Å². The summed E-state index contributed by atoms with van der Waals surface area (Å²) in [4.78, 5) is 16.4. The molecule has 1 atom stereocenters. The van der Waals surface area contributed by atoms with Crippen LogP contribution in [0.5, 0.6) is 0 Å². The number of hydrogen-bond acceptors (Lipinski definition) is 4. The van der Waals surface area contributed by atoms with E-state index in [4.69, 9.17) is 4.74 Å². The first-order valence-electron chi connectivity index (χ1n) is 8.33. The summed E-state index contributed by atoms with van der Waals surface area (Å²) in [7, 11) is 1.47. The monoisotopic (exact) mass is 282 g/mol. The molecule has 0 aromatic carbocycles. The van der Waals surface area contributed by atoms with Gasteiger partial charge in [-0.3, -0.25) is 9.69 Å². The molecule has 2 heterocycles. The summed E-state index contributed by atoms with van der Waals surface area (Å²) in [5.41, 5.74) is 0. The summed E-state index contributed by atoms with van der Waals surface area (Å²) in [5.74, 6) is -0.0777. The third-order valence-electron chi connectivity index (χ3n) is 4.72. The van der Waals surface area contributed by atoms with Crippen LogP contribution in [0.4, 0.5) is 0 Å². The molecule has 0 saturated carbocycles. The maximum absolute atomic E-state index is 11.2. The molecule has 2 saturated heterocycles. The Morgan fingerprint density at radius 2 is 1.85 bits per heavy atom. The summed E-state index contributed by atoms with van der Waals surface area (Å²) in [6.45, 7) is 6.02. The highest BCUT2D eigenvalue weighted by Crippen LogP contribution is 2.20. The van der Waals surface area contributed by atoms with Gasteiger partial charge < -0.3 is 9.64 Å². The summed E-state index contributed by atoms with van der Waals surface area (Å²) >= 11 is 0. The van der Waals surface area contributed by atoms with Crippen molar-refractivity contribution in [2.24, 2.45) is 0 Å². The average molecular weight is 282 g/mol. The van der Waals surface area contributed by atoms with Crippen molar-refractivity contribution in [1.82, 2.24) is 9.80 Å². The fraction of sp³-hybridized carbons (Fsp3) is 0.938. The van der Waals surface area contributed by atoms with Crippen molar-refractivity contribution in [2.75, 3.05) is 39.8 Å². The number of nitrogens with zero attached hydrogens (tertiary/aromatic N) is 2. The van der Waals surface area contributed by atoms with E-state index in [1.807, 2.05) is 0 Å². The second-order valence-corrected chi connectivity index (χ2v) is 6.23. The molecule has 2 rings (SSSR count). The second kappa shape index (κ2) is 8.63. The highest BCUT2D eigenvalue weighted by atomic mass is 16.5. The maximum Gasteiger partial charge on any atom is 0.305 e. The van der Waals surface area contributed by atoms with E-state index in [0.717, 1.165) is 19.0 Å². The summed E-state index contributed by atoms with van der Waals surface area (Å²) in [5, 5.41) is 0. The molecule has 20 heavy (non-hydrogen) atoms. The van der Waals surface area contributed by atoms with Gasteiger partial charge in [0, 0.05) is 19.0 Å². The van der Waals surface area contributed by atoms with Crippen LogP contribution in [0.15, 0.2) is 0 Å². The van der Waals surface area contributed by atoms with E-state index in [0.29, 0.717) is 6.42 Å². The topological polar surface area (TPSA) is 32.8 Å². The molecule has 0 bridgehead atoms. The van der Waals surface area contributed by atoms with E-state index in [1.54, 1.807) is 0 Å². The van der Waals surface area contributed by atoms with Gasteiger partial charge in [-0.1, -0.05) is 12.8 Å². The molecular formula is C16H30N2O2. The van der Waals surface area contributed by atoms with Gasteiger partial charge in [0.05, 0.1) is 7.11 Å². The molecule has 0 amide bonds. The van der Waals surface area contributed by atoms with Crippen LogP contribution < -0.4 is 0 Å². The van der Waals surface area contributed by atoms with Crippen LogP contribution >= 0.6 is 0 Å². The highest BCUT2D eigenvalue weighted by Gasteiger charge is 2.25. The van der Waals surface area contributed by atoms with Gasteiger partial charge in [0.15, 0.2) is 0 Å². The van der Waals surface area contributed by atoms with E-state index in [1.165, 1.54) is 71.8 Å². The van der Waals surface area contributed by atoms with Gasteiger partial charge in [-0.2, -0.15) is 0 Å².